The van der Waals surface area contributed by atoms with E-state index in [1.165, 1.54) is 122 Å². The van der Waals surface area contributed by atoms with Gasteiger partial charge in [-0.3, -0.25) is 0 Å². The van der Waals surface area contributed by atoms with Crippen LogP contribution in [0, 0.1) is 11.8 Å². The van der Waals surface area contributed by atoms with E-state index in [0.29, 0.717) is 0 Å². The van der Waals surface area contributed by atoms with Crippen molar-refractivity contribution in [3.8, 4) is 0 Å². The van der Waals surface area contributed by atoms with Crippen LogP contribution in [0.5, 0.6) is 0 Å². The fourth-order valence-corrected chi connectivity index (χ4v) is 5.96. The van der Waals surface area contributed by atoms with Crippen molar-refractivity contribution in [3.63, 3.8) is 0 Å². The summed E-state index contributed by atoms with van der Waals surface area (Å²) in [7, 11) is 0. The molecule has 0 bridgehead atoms. The van der Waals surface area contributed by atoms with Crippen LogP contribution in [-0.4, -0.2) is 0 Å². The maximum atomic E-state index is 2.40. The summed E-state index contributed by atoms with van der Waals surface area (Å²) in [6, 6.07) is 11.5. The molecule has 2 atom stereocenters. The Bertz CT molecular complexity index is 476. The van der Waals surface area contributed by atoms with Gasteiger partial charge in [0.05, 0.1) is 0 Å². The van der Waals surface area contributed by atoms with Crippen molar-refractivity contribution in [2.45, 2.75) is 142 Å². The molecule has 1 aromatic rings. The third-order valence-electron chi connectivity index (χ3n) is 7.76. The molecule has 0 amide bonds. The average Bonchev–Trinajstić information content (AvgIpc) is 2.73. The molecule has 0 spiro atoms. The van der Waals surface area contributed by atoms with Crippen LogP contribution in [-0.2, 0) is 0 Å². The highest BCUT2D eigenvalue weighted by Gasteiger charge is 2.30. The SMILES string of the molecule is CCCCCCCC.c1ccc(C2CCCCCCC2C2CCCCCCC2)cc1. The smallest absolute Gasteiger partial charge is 0.0131 e. The lowest BCUT2D eigenvalue weighted by molar-refractivity contribution is 0.194. The van der Waals surface area contributed by atoms with Crippen LogP contribution in [0.2, 0.25) is 0 Å². The van der Waals surface area contributed by atoms with Crippen LogP contribution in [0.3, 0.4) is 0 Å². The molecular formula is C30H52. The molecule has 2 fully saturated rings. The van der Waals surface area contributed by atoms with E-state index >= 15 is 0 Å². The molecule has 0 aromatic heterocycles. The lowest BCUT2D eigenvalue weighted by Gasteiger charge is -2.37. The fourth-order valence-electron chi connectivity index (χ4n) is 5.96. The highest BCUT2D eigenvalue weighted by atomic mass is 14.4. The molecule has 0 N–H and O–H groups in total. The number of hydrogen-bond donors (Lipinski definition) is 0. The van der Waals surface area contributed by atoms with Gasteiger partial charge in [0, 0.05) is 0 Å². The predicted molar refractivity (Wildman–Crippen MR) is 135 cm³/mol. The van der Waals surface area contributed by atoms with E-state index in [9.17, 15) is 0 Å². The number of hydrogen-bond acceptors (Lipinski definition) is 0. The van der Waals surface area contributed by atoms with Crippen molar-refractivity contribution in [3.05, 3.63) is 35.9 Å². The molecule has 30 heavy (non-hydrogen) atoms. The minimum Gasteiger partial charge on any atom is -0.0654 e. The Morgan fingerprint density at radius 1 is 0.567 bits per heavy atom. The maximum Gasteiger partial charge on any atom is -0.0131 e. The second-order valence-electron chi connectivity index (χ2n) is 10.2. The lowest BCUT2D eigenvalue weighted by atomic mass is 9.68. The van der Waals surface area contributed by atoms with Crippen LogP contribution < -0.4 is 0 Å². The van der Waals surface area contributed by atoms with Gasteiger partial charge in [-0.15, -0.1) is 0 Å². The number of unbranched alkanes of at least 4 members (excludes halogenated alkanes) is 5. The molecule has 3 rings (SSSR count). The number of rotatable bonds is 7. The molecule has 2 saturated carbocycles. The fraction of sp³-hybridized carbons (Fsp3) is 0.800. The van der Waals surface area contributed by atoms with Gasteiger partial charge in [0.25, 0.3) is 0 Å². The summed E-state index contributed by atoms with van der Waals surface area (Å²) in [5.41, 5.74) is 1.64. The summed E-state index contributed by atoms with van der Waals surface area (Å²) in [5, 5.41) is 0. The first kappa shape index (κ1) is 25.5. The zero-order chi connectivity index (χ0) is 21.3. The summed E-state index contributed by atoms with van der Waals surface area (Å²) >= 11 is 0. The first-order valence-electron chi connectivity index (χ1n) is 13.9. The van der Waals surface area contributed by atoms with E-state index in [0.717, 1.165) is 17.8 Å². The maximum absolute atomic E-state index is 2.40. The summed E-state index contributed by atoms with van der Waals surface area (Å²) in [4.78, 5) is 0. The van der Waals surface area contributed by atoms with Crippen molar-refractivity contribution in [1.29, 1.82) is 0 Å². The molecule has 0 heteroatoms. The van der Waals surface area contributed by atoms with Gasteiger partial charge in [0.15, 0.2) is 0 Å². The normalized spacial score (nSPS) is 23.9. The molecule has 0 aliphatic heterocycles. The minimum atomic E-state index is 0.839. The van der Waals surface area contributed by atoms with E-state index in [4.69, 9.17) is 0 Å². The van der Waals surface area contributed by atoms with Crippen molar-refractivity contribution in [2.75, 3.05) is 0 Å². The van der Waals surface area contributed by atoms with Gasteiger partial charge >= 0.3 is 0 Å². The Kier molecular flexibility index (Phi) is 14.3. The van der Waals surface area contributed by atoms with Crippen molar-refractivity contribution >= 4 is 0 Å². The molecule has 0 heterocycles. The second-order valence-corrected chi connectivity index (χ2v) is 10.2. The first-order valence-corrected chi connectivity index (χ1v) is 13.9. The van der Waals surface area contributed by atoms with Crippen LogP contribution in [0.4, 0.5) is 0 Å². The van der Waals surface area contributed by atoms with Crippen molar-refractivity contribution in [1.82, 2.24) is 0 Å². The molecule has 2 aliphatic carbocycles. The van der Waals surface area contributed by atoms with Crippen LogP contribution in [0.1, 0.15) is 147 Å². The lowest BCUT2D eigenvalue weighted by Crippen LogP contribution is -2.24. The quantitative estimate of drug-likeness (QED) is 0.390. The molecule has 0 nitrogen and oxygen atoms in total. The van der Waals surface area contributed by atoms with E-state index in [2.05, 4.69) is 44.2 Å². The van der Waals surface area contributed by atoms with Gasteiger partial charge in [-0.05, 0) is 36.2 Å². The monoisotopic (exact) mass is 412 g/mol. The van der Waals surface area contributed by atoms with Gasteiger partial charge in [-0.25, -0.2) is 0 Å². The van der Waals surface area contributed by atoms with Crippen LogP contribution >= 0.6 is 0 Å². The van der Waals surface area contributed by atoms with Gasteiger partial charge in [-0.1, -0.05) is 153 Å². The third kappa shape index (κ3) is 10.0. The standard InChI is InChI=1S/C22H34.C8H18/c1-2-7-13-19(14-8-3-1)21-17-11-4-5-12-18-22(21)20-15-9-6-10-16-20;1-3-5-7-8-6-4-2/h6,9-10,15-16,19,21-22H,1-5,7-8,11-14,17-18H2;3-8H2,1-2H3. The Morgan fingerprint density at radius 2 is 1.07 bits per heavy atom. The molecule has 1 aromatic carbocycles. The van der Waals surface area contributed by atoms with Gasteiger partial charge in [-0.2, -0.15) is 0 Å². The summed E-state index contributed by atoms with van der Waals surface area (Å²) in [5.74, 6) is 2.80. The zero-order valence-corrected chi connectivity index (χ0v) is 20.6. The van der Waals surface area contributed by atoms with Crippen molar-refractivity contribution < 1.29 is 0 Å². The van der Waals surface area contributed by atoms with E-state index < -0.39 is 0 Å². The predicted octanol–water partition coefficient (Wildman–Crippen LogP) is 10.5. The molecular weight excluding hydrogens is 360 g/mol. The van der Waals surface area contributed by atoms with Gasteiger partial charge in [0.2, 0.25) is 0 Å². The third-order valence-corrected chi connectivity index (χ3v) is 7.76. The molecule has 2 aliphatic rings. The van der Waals surface area contributed by atoms with E-state index in [1.807, 2.05) is 0 Å². The molecule has 0 saturated heterocycles. The van der Waals surface area contributed by atoms with Crippen LogP contribution in [0.25, 0.3) is 0 Å². The summed E-state index contributed by atoms with van der Waals surface area (Å²) < 4.78 is 0. The summed E-state index contributed by atoms with van der Waals surface area (Å²) in [6.07, 6.45) is 27.7. The topological polar surface area (TPSA) is 0 Å². The van der Waals surface area contributed by atoms with Crippen molar-refractivity contribution in [2.24, 2.45) is 11.8 Å². The Balaban J connectivity index is 0.000000343. The zero-order valence-electron chi connectivity index (χ0n) is 20.6. The van der Waals surface area contributed by atoms with Gasteiger partial charge < -0.3 is 0 Å². The van der Waals surface area contributed by atoms with E-state index in [-0.39, 0.29) is 0 Å². The Labute approximate surface area is 189 Å². The van der Waals surface area contributed by atoms with Crippen LogP contribution in [0.15, 0.2) is 30.3 Å². The minimum absolute atomic E-state index is 0.839. The highest BCUT2D eigenvalue weighted by Crippen LogP contribution is 2.43. The summed E-state index contributed by atoms with van der Waals surface area (Å²) in [6.45, 7) is 4.51. The number of benzene rings is 1. The van der Waals surface area contributed by atoms with Gasteiger partial charge in [0.1, 0.15) is 0 Å². The molecule has 0 radical (unpaired) electrons. The largest absolute Gasteiger partial charge is 0.0654 e. The highest BCUT2D eigenvalue weighted by molar-refractivity contribution is 5.20. The average molecular weight is 413 g/mol. The molecule has 172 valence electrons. The van der Waals surface area contributed by atoms with E-state index in [1.54, 1.807) is 5.56 Å². The first-order chi connectivity index (χ1) is 14.9. The Hall–Kier alpha value is -0.780. The second kappa shape index (κ2) is 16.9. The Morgan fingerprint density at radius 3 is 1.63 bits per heavy atom. The molecule has 2 unspecified atom stereocenters.